The molecule has 1 N–H and O–H groups in total. The fourth-order valence-corrected chi connectivity index (χ4v) is 1.94. The first-order valence-electron chi connectivity index (χ1n) is 5.52. The number of nitrogens with one attached hydrogen (secondary N) is 1. The summed E-state index contributed by atoms with van der Waals surface area (Å²) in [5, 5.41) is 3.52. The van der Waals surface area contributed by atoms with E-state index in [1.54, 1.807) is 0 Å². The molecular formula is C12H19NO2. The van der Waals surface area contributed by atoms with E-state index in [9.17, 15) is 0 Å². The normalized spacial score (nSPS) is 31.0. The van der Waals surface area contributed by atoms with E-state index < -0.39 is 0 Å². The highest BCUT2D eigenvalue weighted by Gasteiger charge is 2.36. The van der Waals surface area contributed by atoms with Crippen molar-refractivity contribution < 1.29 is 9.15 Å². The van der Waals surface area contributed by atoms with E-state index in [-0.39, 0.29) is 11.6 Å². The second kappa shape index (κ2) is 3.99. The van der Waals surface area contributed by atoms with Crippen LogP contribution in [0.3, 0.4) is 0 Å². The first-order chi connectivity index (χ1) is 7.10. The van der Waals surface area contributed by atoms with Gasteiger partial charge >= 0.3 is 0 Å². The number of aryl methyl sites for hydroxylation is 1. The zero-order valence-corrected chi connectivity index (χ0v) is 9.67. The van der Waals surface area contributed by atoms with Gasteiger partial charge in [0.25, 0.3) is 0 Å². The van der Waals surface area contributed by atoms with Gasteiger partial charge in [-0.05, 0) is 39.3 Å². The van der Waals surface area contributed by atoms with Crippen LogP contribution in [0.4, 0.5) is 0 Å². The molecule has 1 aliphatic rings. The second-order valence-corrected chi connectivity index (χ2v) is 4.55. The summed E-state index contributed by atoms with van der Waals surface area (Å²) in [6, 6.07) is 4.01. The minimum absolute atomic E-state index is 0.0840. The molecular weight excluding hydrogens is 190 g/mol. The summed E-state index contributed by atoms with van der Waals surface area (Å²) in [4.78, 5) is 0. The van der Waals surface area contributed by atoms with Crippen molar-refractivity contribution in [3.63, 3.8) is 0 Å². The lowest BCUT2D eigenvalue weighted by Crippen LogP contribution is -2.47. The Labute approximate surface area is 90.8 Å². The molecule has 2 unspecified atom stereocenters. The average Bonchev–Trinajstić information content (AvgIpc) is 2.73. The molecule has 1 saturated heterocycles. The molecule has 2 atom stereocenters. The molecule has 0 spiro atoms. The van der Waals surface area contributed by atoms with Crippen LogP contribution in [-0.4, -0.2) is 18.2 Å². The SMILES string of the molecule is Cc1ccc(CNC2(C)CCOC2C)o1. The van der Waals surface area contributed by atoms with E-state index in [1.807, 2.05) is 19.1 Å². The second-order valence-electron chi connectivity index (χ2n) is 4.55. The van der Waals surface area contributed by atoms with Gasteiger partial charge in [0.05, 0.1) is 12.6 Å². The number of hydrogen-bond acceptors (Lipinski definition) is 3. The Hall–Kier alpha value is -0.800. The highest BCUT2D eigenvalue weighted by molar-refractivity contribution is 5.06. The third-order valence-corrected chi connectivity index (χ3v) is 3.35. The molecule has 0 aromatic carbocycles. The van der Waals surface area contributed by atoms with E-state index in [1.165, 1.54) is 0 Å². The Bertz CT molecular complexity index is 334. The van der Waals surface area contributed by atoms with Gasteiger partial charge in [-0.3, -0.25) is 0 Å². The highest BCUT2D eigenvalue weighted by Crippen LogP contribution is 2.25. The zero-order chi connectivity index (χ0) is 10.9. The average molecular weight is 209 g/mol. The molecule has 84 valence electrons. The Balaban J connectivity index is 1.92. The van der Waals surface area contributed by atoms with Crippen LogP contribution in [0.15, 0.2) is 16.5 Å². The molecule has 2 rings (SSSR count). The summed E-state index contributed by atoms with van der Waals surface area (Å²) in [5.74, 6) is 1.96. The quantitative estimate of drug-likeness (QED) is 0.829. The molecule has 0 radical (unpaired) electrons. The standard InChI is InChI=1S/C12H19NO2/c1-9-4-5-11(15-9)8-13-12(3)6-7-14-10(12)2/h4-5,10,13H,6-8H2,1-3H3. The largest absolute Gasteiger partial charge is 0.465 e. The van der Waals surface area contributed by atoms with Crippen LogP contribution in [0.1, 0.15) is 31.8 Å². The maximum atomic E-state index is 5.57. The monoisotopic (exact) mass is 209 g/mol. The molecule has 1 aromatic heterocycles. The van der Waals surface area contributed by atoms with Gasteiger partial charge in [0.15, 0.2) is 0 Å². The molecule has 3 heteroatoms. The van der Waals surface area contributed by atoms with Gasteiger partial charge in [-0.15, -0.1) is 0 Å². The Morgan fingerprint density at radius 3 is 2.87 bits per heavy atom. The van der Waals surface area contributed by atoms with E-state index in [0.29, 0.717) is 0 Å². The fraction of sp³-hybridized carbons (Fsp3) is 0.667. The van der Waals surface area contributed by atoms with Crippen molar-refractivity contribution in [2.45, 2.75) is 45.4 Å². The summed E-state index contributed by atoms with van der Waals surface area (Å²) in [7, 11) is 0. The van der Waals surface area contributed by atoms with Crippen LogP contribution in [0, 0.1) is 6.92 Å². The first-order valence-corrected chi connectivity index (χ1v) is 5.52. The van der Waals surface area contributed by atoms with Gasteiger partial charge in [0.1, 0.15) is 11.5 Å². The minimum atomic E-state index is 0.0840. The maximum absolute atomic E-state index is 5.57. The van der Waals surface area contributed by atoms with Crippen molar-refractivity contribution in [3.8, 4) is 0 Å². The van der Waals surface area contributed by atoms with Gasteiger partial charge in [-0.25, -0.2) is 0 Å². The summed E-state index contributed by atoms with van der Waals surface area (Å²) in [5.41, 5.74) is 0.0840. The first kappa shape index (κ1) is 10.7. The van der Waals surface area contributed by atoms with Gasteiger partial charge in [-0.2, -0.15) is 0 Å². The van der Waals surface area contributed by atoms with Crippen molar-refractivity contribution in [2.24, 2.45) is 0 Å². The lowest BCUT2D eigenvalue weighted by Gasteiger charge is -2.28. The van der Waals surface area contributed by atoms with Crippen molar-refractivity contribution in [2.75, 3.05) is 6.61 Å². The number of rotatable bonds is 3. The van der Waals surface area contributed by atoms with Crippen molar-refractivity contribution in [3.05, 3.63) is 23.7 Å². The van der Waals surface area contributed by atoms with Crippen molar-refractivity contribution in [1.29, 1.82) is 0 Å². The fourth-order valence-electron chi connectivity index (χ4n) is 1.94. The molecule has 15 heavy (non-hydrogen) atoms. The van der Waals surface area contributed by atoms with Crippen LogP contribution >= 0.6 is 0 Å². The van der Waals surface area contributed by atoms with Crippen molar-refractivity contribution in [1.82, 2.24) is 5.32 Å². The van der Waals surface area contributed by atoms with E-state index in [4.69, 9.17) is 9.15 Å². The predicted octanol–water partition coefficient (Wildman–Crippen LogP) is 2.25. The number of furan rings is 1. The lowest BCUT2D eigenvalue weighted by molar-refractivity contribution is 0.0874. The van der Waals surface area contributed by atoms with Crippen LogP contribution in [-0.2, 0) is 11.3 Å². The maximum Gasteiger partial charge on any atom is 0.117 e. The highest BCUT2D eigenvalue weighted by atomic mass is 16.5. The van der Waals surface area contributed by atoms with E-state index in [0.717, 1.165) is 31.1 Å². The number of ether oxygens (including phenoxy) is 1. The zero-order valence-electron chi connectivity index (χ0n) is 9.67. The van der Waals surface area contributed by atoms with Crippen LogP contribution in [0.5, 0.6) is 0 Å². The lowest BCUT2D eigenvalue weighted by atomic mass is 9.95. The summed E-state index contributed by atoms with van der Waals surface area (Å²) >= 11 is 0. The molecule has 1 aliphatic heterocycles. The van der Waals surface area contributed by atoms with Crippen molar-refractivity contribution >= 4 is 0 Å². The third kappa shape index (κ3) is 2.24. The molecule has 1 fully saturated rings. The molecule has 0 aliphatic carbocycles. The van der Waals surface area contributed by atoms with Gasteiger partial charge < -0.3 is 14.5 Å². The predicted molar refractivity (Wildman–Crippen MR) is 58.7 cm³/mol. The van der Waals surface area contributed by atoms with Gasteiger partial charge in [-0.1, -0.05) is 0 Å². The Morgan fingerprint density at radius 2 is 2.33 bits per heavy atom. The van der Waals surface area contributed by atoms with Gasteiger partial charge in [0, 0.05) is 12.1 Å². The van der Waals surface area contributed by atoms with Gasteiger partial charge in [0.2, 0.25) is 0 Å². The molecule has 0 amide bonds. The summed E-state index contributed by atoms with van der Waals surface area (Å²) in [6.45, 7) is 7.92. The summed E-state index contributed by atoms with van der Waals surface area (Å²) < 4.78 is 11.1. The molecule has 0 saturated carbocycles. The van der Waals surface area contributed by atoms with E-state index in [2.05, 4.69) is 19.2 Å². The molecule has 2 heterocycles. The topological polar surface area (TPSA) is 34.4 Å². The smallest absolute Gasteiger partial charge is 0.117 e. The molecule has 3 nitrogen and oxygen atoms in total. The molecule has 1 aromatic rings. The number of hydrogen-bond donors (Lipinski definition) is 1. The third-order valence-electron chi connectivity index (χ3n) is 3.35. The van der Waals surface area contributed by atoms with Crippen LogP contribution < -0.4 is 5.32 Å². The van der Waals surface area contributed by atoms with E-state index >= 15 is 0 Å². The molecule has 0 bridgehead atoms. The Morgan fingerprint density at radius 1 is 1.53 bits per heavy atom. The van der Waals surface area contributed by atoms with Crippen LogP contribution in [0.25, 0.3) is 0 Å². The Kier molecular flexibility index (Phi) is 2.85. The van der Waals surface area contributed by atoms with Crippen LogP contribution in [0.2, 0.25) is 0 Å². The minimum Gasteiger partial charge on any atom is -0.465 e. The summed E-state index contributed by atoms with van der Waals surface area (Å²) in [6.07, 6.45) is 1.34.